The Morgan fingerprint density at radius 1 is 1.09 bits per heavy atom. The Balaban J connectivity index is 1.86. The standard InChI is InChI=1S/C20H14ClF6N5/c1-2-3-4-14-15-11(12-9-10(21)5-6-13(12)28-15)7-8-32(14)18-30-16(19(22,23)24)29-17(31-18)20(25,26)27/h1,5-6,9,14,28H,3-4,7-8H2. The Bertz CT molecular complexity index is 1180. The maximum absolute atomic E-state index is 13.2. The number of hydrogen-bond acceptors (Lipinski definition) is 4. The van der Waals surface area contributed by atoms with Crippen LogP contribution < -0.4 is 4.90 Å². The van der Waals surface area contributed by atoms with Crippen molar-refractivity contribution in [2.24, 2.45) is 0 Å². The van der Waals surface area contributed by atoms with Gasteiger partial charge >= 0.3 is 12.4 Å². The van der Waals surface area contributed by atoms with Crippen molar-refractivity contribution in [3.63, 3.8) is 0 Å². The van der Waals surface area contributed by atoms with Crippen molar-refractivity contribution in [2.75, 3.05) is 11.4 Å². The summed E-state index contributed by atoms with van der Waals surface area (Å²) in [5.41, 5.74) is 2.25. The van der Waals surface area contributed by atoms with Crippen molar-refractivity contribution in [2.45, 2.75) is 37.7 Å². The lowest BCUT2D eigenvalue weighted by Gasteiger charge is -2.36. The molecule has 0 radical (unpaired) electrons. The maximum Gasteiger partial charge on any atom is 0.451 e. The lowest BCUT2D eigenvalue weighted by atomic mass is 9.94. The van der Waals surface area contributed by atoms with Gasteiger partial charge in [0.25, 0.3) is 0 Å². The third kappa shape index (κ3) is 4.07. The minimum absolute atomic E-state index is 0.0836. The van der Waals surface area contributed by atoms with E-state index >= 15 is 0 Å². The number of terminal acetylenes is 1. The first-order chi connectivity index (χ1) is 15.0. The fraction of sp³-hybridized carbons (Fsp3) is 0.350. The van der Waals surface area contributed by atoms with Crippen LogP contribution in [0.4, 0.5) is 32.3 Å². The monoisotopic (exact) mass is 473 g/mol. The third-order valence-electron chi connectivity index (χ3n) is 5.16. The number of anilines is 1. The predicted molar refractivity (Wildman–Crippen MR) is 105 cm³/mol. The normalized spacial score (nSPS) is 16.8. The van der Waals surface area contributed by atoms with E-state index in [1.807, 2.05) is 0 Å². The number of aromatic amines is 1. The van der Waals surface area contributed by atoms with Crippen molar-refractivity contribution < 1.29 is 26.3 Å². The maximum atomic E-state index is 13.2. The molecule has 1 N–H and O–H groups in total. The summed E-state index contributed by atoms with van der Waals surface area (Å²) in [6.07, 6.45) is -4.15. The fourth-order valence-electron chi connectivity index (χ4n) is 3.84. The molecule has 0 aliphatic carbocycles. The molecule has 0 saturated carbocycles. The molecule has 1 aliphatic heterocycles. The van der Waals surface area contributed by atoms with Crippen LogP contribution in [0.25, 0.3) is 10.9 Å². The van der Waals surface area contributed by atoms with Crippen LogP contribution in [0.2, 0.25) is 5.02 Å². The molecule has 0 saturated heterocycles. The van der Waals surface area contributed by atoms with Crippen LogP contribution in [-0.2, 0) is 18.8 Å². The highest BCUT2D eigenvalue weighted by molar-refractivity contribution is 6.31. The number of benzene rings is 1. The van der Waals surface area contributed by atoms with Crippen LogP contribution in [0.1, 0.15) is 41.8 Å². The number of alkyl halides is 6. The highest BCUT2D eigenvalue weighted by atomic mass is 35.5. The van der Waals surface area contributed by atoms with E-state index in [4.69, 9.17) is 18.0 Å². The van der Waals surface area contributed by atoms with E-state index in [9.17, 15) is 26.3 Å². The summed E-state index contributed by atoms with van der Waals surface area (Å²) < 4.78 is 79.4. The van der Waals surface area contributed by atoms with Crippen LogP contribution in [0.3, 0.4) is 0 Å². The highest BCUT2D eigenvalue weighted by Crippen LogP contribution is 2.40. The number of fused-ring (bicyclic) bond motifs is 3. The molecule has 0 amide bonds. The van der Waals surface area contributed by atoms with Crippen molar-refractivity contribution in [1.29, 1.82) is 0 Å². The van der Waals surface area contributed by atoms with E-state index < -0.39 is 36.0 Å². The van der Waals surface area contributed by atoms with Gasteiger partial charge in [-0.05, 0) is 36.6 Å². The Morgan fingerprint density at radius 3 is 2.34 bits per heavy atom. The van der Waals surface area contributed by atoms with Crippen molar-refractivity contribution >= 4 is 28.5 Å². The molecule has 5 nitrogen and oxygen atoms in total. The highest BCUT2D eigenvalue weighted by Gasteiger charge is 2.43. The van der Waals surface area contributed by atoms with Gasteiger partial charge in [0.2, 0.25) is 17.6 Å². The summed E-state index contributed by atoms with van der Waals surface area (Å²) in [6.45, 7) is 0.0836. The molecule has 1 unspecified atom stereocenters. The smallest absolute Gasteiger partial charge is 0.356 e. The summed E-state index contributed by atoms with van der Waals surface area (Å²) >= 11 is 6.09. The zero-order valence-corrected chi connectivity index (χ0v) is 16.9. The number of H-pyrrole nitrogens is 1. The molecule has 1 aromatic carbocycles. The van der Waals surface area contributed by atoms with Crippen LogP contribution in [0.15, 0.2) is 18.2 Å². The van der Waals surface area contributed by atoms with Gasteiger partial charge < -0.3 is 9.88 Å². The first-order valence-corrected chi connectivity index (χ1v) is 9.77. The molecule has 3 aromatic rings. The average Bonchev–Trinajstić information content (AvgIpc) is 3.08. The van der Waals surface area contributed by atoms with Crippen LogP contribution >= 0.6 is 11.6 Å². The number of nitrogens with one attached hydrogen (secondary N) is 1. The van der Waals surface area contributed by atoms with E-state index in [0.29, 0.717) is 17.1 Å². The van der Waals surface area contributed by atoms with Gasteiger partial charge in [-0.15, -0.1) is 12.3 Å². The van der Waals surface area contributed by atoms with Gasteiger partial charge in [0.1, 0.15) is 0 Å². The Kier molecular flexibility index (Phi) is 5.45. The molecule has 3 heterocycles. The number of hydrogen-bond donors (Lipinski definition) is 1. The first-order valence-electron chi connectivity index (χ1n) is 9.39. The van der Waals surface area contributed by atoms with E-state index in [0.717, 1.165) is 16.5 Å². The summed E-state index contributed by atoms with van der Waals surface area (Å²) in [4.78, 5) is 13.8. The van der Waals surface area contributed by atoms with Crippen LogP contribution in [0.5, 0.6) is 0 Å². The second-order valence-corrected chi connectivity index (χ2v) is 7.62. The van der Waals surface area contributed by atoms with Gasteiger partial charge in [0, 0.05) is 34.6 Å². The molecule has 0 spiro atoms. The van der Waals surface area contributed by atoms with Crippen molar-refractivity contribution in [3.05, 3.63) is 46.1 Å². The molecule has 2 aromatic heterocycles. The van der Waals surface area contributed by atoms with Crippen molar-refractivity contribution in [3.8, 4) is 12.3 Å². The number of aromatic nitrogens is 4. The zero-order valence-electron chi connectivity index (χ0n) is 16.1. The Hall–Kier alpha value is -3.00. The van der Waals surface area contributed by atoms with Gasteiger partial charge in [0.05, 0.1) is 6.04 Å². The molecule has 32 heavy (non-hydrogen) atoms. The summed E-state index contributed by atoms with van der Waals surface area (Å²) in [5, 5.41) is 1.34. The molecule has 168 valence electrons. The minimum Gasteiger partial charge on any atom is -0.356 e. The number of nitrogens with zero attached hydrogens (tertiary/aromatic N) is 4. The molecular weight excluding hydrogens is 460 g/mol. The van der Waals surface area contributed by atoms with E-state index in [2.05, 4.69) is 25.9 Å². The lowest BCUT2D eigenvalue weighted by Crippen LogP contribution is -2.38. The van der Waals surface area contributed by atoms with Gasteiger partial charge in [-0.25, -0.2) is 4.98 Å². The van der Waals surface area contributed by atoms with E-state index in [-0.39, 0.29) is 19.4 Å². The van der Waals surface area contributed by atoms with Crippen LogP contribution in [0, 0.1) is 12.3 Å². The SMILES string of the molecule is C#CCCC1c2[nH]c3ccc(Cl)cc3c2CCN1c1nc(C(F)(F)F)nc(C(F)(F)F)n1. The Morgan fingerprint density at radius 2 is 1.75 bits per heavy atom. The minimum atomic E-state index is -5.18. The second-order valence-electron chi connectivity index (χ2n) is 7.19. The van der Waals surface area contributed by atoms with Crippen molar-refractivity contribution in [1.82, 2.24) is 19.9 Å². The summed E-state index contributed by atoms with van der Waals surface area (Å²) in [5.74, 6) is -2.05. The van der Waals surface area contributed by atoms with E-state index in [1.165, 1.54) is 4.90 Å². The fourth-order valence-corrected chi connectivity index (χ4v) is 4.02. The summed E-state index contributed by atoms with van der Waals surface area (Å²) in [6, 6.07) is 4.53. The molecule has 1 aliphatic rings. The largest absolute Gasteiger partial charge is 0.451 e. The number of rotatable bonds is 3. The van der Waals surface area contributed by atoms with Crippen LogP contribution in [-0.4, -0.2) is 26.5 Å². The lowest BCUT2D eigenvalue weighted by molar-refractivity contribution is -0.155. The molecule has 12 heteroatoms. The molecule has 1 atom stereocenters. The quantitative estimate of drug-likeness (QED) is 0.399. The predicted octanol–water partition coefficient (Wildman–Crippen LogP) is 5.56. The molecule has 0 fully saturated rings. The molecule has 4 rings (SSSR count). The van der Waals surface area contributed by atoms with Gasteiger partial charge in [-0.3, -0.25) is 0 Å². The Labute approximate surface area is 182 Å². The topological polar surface area (TPSA) is 57.7 Å². The van der Waals surface area contributed by atoms with Gasteiger partial charge in [-0.2, -0.15) is 36.3 Å². The zero-order chi connectivity index (χ0) is 23.3. The second kappa shape index (κ2) is 7.85. The number of halogens is 7. The van der Waals surface area contributed by atoms with E-state index in [1.54, 1.807) is 18.2 Å². The van der Waals surface area contributed by atoms with Gasteiger partial charge in [0.15, 0.2) is 0 Å². The summed E-state index contributed by atoms with van der Waals surface area (Å²) in [7, 11) is 0. The molecular formula is C20H14ClF6N5. The average molecular weight is 474 g/mol. The third-order valence-corrected chi connectivity index (χ3v) is 5.40. The molecule has 0 bridgehead atoms. The van der Waals surface area contributed by atoms with Gasteiger partial charge in [-0.1, -0.05) is 11.6 Å². The first kappa shape index (κ1) is 22.2.